The molecule has 1 aliphatic heterocycles. The highest BCUT2D eigenvalue weighted by atomic mass is 16.6. The van der Waals surface area contributed by atoms with Gasteiger partial charge in [-0.05, 0) is 32.0 Å². The summed E-state index contributed by atoms with van der Waals surface area (Å²) in [7, 11) is 0. The van der Waals surface area contributed by atoms with Crippen molar-refractivity contribution in [2.75, 3.05) is 19.7 Å². The second-order valence-electron chi connectivity index (χ2n) is 4.38. The molecule has 17 heavy (non-hydrogen) atoms. The van der Waals surface area contributed by atoms with Crippen LogP contribution in [-0.4, -0.2) is 24.6 Å². The molecule has 92 valence electrons. The van der Waals surface area contributed by atoms with Crippen LogP contribution in [0.1, 0.15) is 12.0 Å². The van der Waals surface area contributed by atoms with Gasteiger partial charge in [-0.15, -0.1) is 0 Å². The number of ether oxygens (including phenoxy) is 1. The summed E-state index contributed by atoms with van der Waals surface area (Å²) in [4.78, 5) is 10.4. The molecule has 1 heterocycles. The molecule has 0 radical (unpaired) electrons. The minimum absolute atomic E-state index is 0.118. The zero-order valence-electron chi connectivity index (χ0n) is 9.81. The molecule has 1 aliphatic rings. The highest BCUT2D eigenvalue weighted by Crippen LogP contribution is 2.24. The Bertz CT molecular complexity index is 414. The lowest BCUT2D eigenvalue weighted by molar-refractivity contribution is -0.385. The van der Waals surface area contributed by atoms with Gasteiger partial charge in [-0.1, -0.05) is 0 Å². The smallest absolute Gasteiger partial charge is 0.275 e. The SMILES string of the molecule is Cc1ccc(OCC2CCNC2)cc1[N+](=O)[O-]. The van der Waals surface area contributed by atoms with Gasteiger partial charge in [0.15, 0.2) is 0 Å². The van der Waals surface area contributed by atoms with E-state index in [4.69, 9.17) is 4.74 Å². The summed E-state index contributed by atoms with van der Waals surface area (Å²) in [6.45, 7) is 4.34. The molecule has 2 rings (SSSR count). The van der Waals surface area contributed by atoms with Gasteiger partial charge in [-0.2, -0.15) is 0 Å². The second-order valence-corrected chi connectivity index (χ2v) is 4.38. The van der Waals surface area contributed by atoms with Gasteiger partial charge in [0.25, 0.3) is 5.69 Å². The van der Waals surface area contributed by atoms with Crippen molar-refractivity contribution < 1.29 is 9.66 Å². The number of rotatable bonds is 4. The first kappa shape index (κ1) is 11.9. The summed E-state index contributed by atoms with van der Waals surface area (Å²) >= 11 is 0. The highest BCUT2D eigenvalue weighted by molar-refractivity contribution is 5.45. The van der Waals surface area contributed by atoms with E-state index in [-0.39, 0.29) is 10.6 Å². The zero-order chi connectivity index (χ0) is 12.3. The van der Waals surface area contributed by atoms with Crippen molar-refractivity contribution in [2.45, 2.75) is 13.3 Å². The van der Waals surface area contributed by atoms with Crippen LogP contribution in [0.15, 0.2) is 18.2 Å². The van der Waals surface area contributed by atoms with E-state index in [0.29, 0.717) is 23.8 Å². The van der Waals surface area contributed by atoms with Gasteiger partial charge in [0.05, 0.1) is 17.6 Å². The number of aryl methyl sites for hydroxylation is 1. The molecule has 1 atom stereocenters. The molecular formula is C12H16N2O3. The van der Waals surface area contributed by atoms with E-state index in [2.05, 4.69) is 5.32 Å². The van der Waals surface area contributed by atoms with Gasteiger partial charge in [0, 0.05) is 18.0 Å². The average molecular weight is 236 g/mol. The van der Waals surface area contributed by atoms with Crippen molar-refractivity contribution >= 4 is 5.69 Å². The Hall–Kier alpha value is -1.62. The molecule has 1 aromatic carbocycles. The summed E-state index contributed by atoms with van der Waals surface area (Å²) in [5, 5.41) is 14.0. The van der Waals surface area contributed by atoms with Crippen LogP contribution in [0.25, 0.3) is 0 Å². The van der Waals surface area contributed by atoms with Gasteiger partial charge in [-0.25, -0.2) is 0 Å². The molecule has 1 fully saturated rings. The summed E-state index contributed by atoms with van der Waals surface area (Å²) < 4.78 is 5.59. The predicted octanol–water partition coefficient (Wildman–Crippen LogP) is 1.89. The van der Waals surface area contributed by atoms with Gasteiger partial charge in [0.2, 0.25) is 0 Å². The van der Waals surface area contributed by atoms with Crippen LogP contribution < -0.4 is 10.1 Å². The topological polar surface area (TPSA) is 64.4 Å². The largest absolute Gasteiger partial charge is 0.493 e. The zero-order valence-corrected chi connectivity index (χ0v) is 9.81. The molecule has 1 N–H and O–H groups in total. The van der Waals surface area contributed by atoms with Gasteiger partial charge in [0.1, 0.15) is 5.75 Å². The highest BCUT2D eigenvalue weighted by Gasteiger charge is 2.16. The van der Waals surface area contributed by atoms with E-state index in [1.165, 1.54) is 6.07 Å². The minimum Gasteiger partial charge on any atom is -0.493 e. The van der Waals surface area contributed by atoms with Crippen molar-refractivity contribution in [3.63, 3.8) is 0 Å². The summed E-state index contributed by atoms with van der Waals surface area (Å²) in [5.74, 6) is 1.09. The van der Waals surface area contributed by atoms with Crippen molar-refractivity contribution in [3.8, 4) is 5.75 Å². The Morgan fingerprint density at radius 3 is 3.06 bits per heavy atom. The van der Waals surface area contributed by atoms with E-state index in [1.54, 1.807) is 19.1 Å². The van der Waals surface area contributed by atoms with E-state index < -0.39 is 0 Å². The monoisotopic (exact) mass is 236 g/mol. The summed E-state index contributed by atoms with van der Waals surface area (Å²) in [6.07, 6.45) is 1.11. The maximum Gasteiger partial charge on any atom is 0.275 e. The Morgan fingerprint density at radius 2 is 2.41 bits per heavy atom. The molecule has 0 bridgehead atoms. The third kappa shape index (κ3) is 2.94. The molecule has 1 aromatic rings. The van der Waals surface area contributed by atoms with Crippen molar-refractivity contribution in [3.05, 3.63) is 33.9 Å². The first-order valence-electron chi connectivity index (χ1n) is 5.75. The van der Waals surface area contributed by atoms with Crippen LogP contribution in [0.5, 0.6) is 5.75 Å². The summed E-state index contributed by atoms with van der Waals surface area (Å²) in [5.41, 5.74) is 0.775. The third-order valence-corrected chi connectivity index (χ3v) is 3.03. The molecule has 1 unspecified atom stereocenters. The molecule has 5 nitrogen and oxygen atoms in total. The van der Waals surface area contributed by atoms with E-state index in [0.717, 1.165) is 19.5 Å². The maximum absolute atomic E-state index is 10.8. The Morgan fingerprint density at radius 1 is 1.59 bits per heavy atom. The van der Waals surface area contributed by atoms with Gasteiger partial charge >= 0.3 is 0 Å². The van der Waals surface area contributed by atoms with Crippen molar-refractivity contribution in [1.82, 2.24) is 5.32 Å². The van der Waals surface area contributed by atoms with E-state index >= 15 is 0 Å². The molecule has 0 aliphatic carbocycles. The lowest BCUT2D eigenvalue weighted by Gasteiger charge is -2.10. The van der Waals surface area contributed by atoms with Gasteiger partial charge < -0.3 is 10.1 Å². The molecule has 0 amide bonds. The molecule has 1 saturated heterocycles. The molecule has 0 saturated carbocycles. The van der Waals surface area contributed by atoms with E-state index in [1.807, 2.05) is 0 Å². The first-order chi connectivity index (χ1) is 8.16. The quantitative estimate of drug-likeness (QED) is 0.640. The molecule has 0 spiro atoms. The van der Waals surface area contributed by atoms with E-state index in [9.17, 15) is 10.1 Å². The first-order valence-corrected chi connectivity index (χ1v) is 5.75. The second kappa shape index (κ2) is 5.14. The summed E-state index contributed by atoms with van der Waals surface area (Å²) in [6, 6.07) is 5.00. The van der Waals surface area contributed by atoms with Crippen LogP contribution in [0, 0.1) is 23.0 Å². The van der Waals surface area contributed by atoms with Crippen LogP contribution >= 0.6 is 0 Å². The number of hydrogen-bond acceptors (Lipinski definition) is 4. The molecular weight excluding hydrogens is 220 g/mol. The predicted molar refractivity (Wildman–Crippen MR) is 64.3 cm³/mol. The fourth-order valence-corrected chi connectivity index (χ4v) is 1.95. The normalized spacial score (nSPS) is 19.2. The Kier molecular flexibility index (Phi) is 3.58. The number of nitro groups is 1. The average Bonchev–Trinajstić information content (AvgIpc) is 2.80. The maximum atomic E-state index is 10.8. The van der Waals surface area contributed by atoms with Crippen LogP contribution in [0.2, 0.25) is 0 Å². The third-order valence-electron chi connectivity index (χ3n) is 3.03. The number of benzene rings is 1. The van der Waals surface area contributed by atoms with Crippen LogP contribution in [-0.2, 0) is 0 Å². The number of hydrogen-bond donors (Lipinski definition) is 1. The van der Waals surface area contributed by atoms with Crippen molar-refractivity contribution in [1.29, 1.82) is 0 Å². The fraction of sp³-hybridized carbons (Fsp3) is 0.500. The van der Waals surface area contributed by atoms with Crippen molar-refractivity contribution in [2.24, 2.45) is 5.92 Å². The number of nitrogens with zero attached hydrogens (tertiary/aromatic N) is 1. The number of nitro benzene ring substituents is 1. The van der Waals surface area contributed by atoms with Crippen LogP contribution in [0.4, 0.5) is 5.69 Å². The lowest BCUT2D eigenvalue weighted by atomic mass is 10.1. The molecule has 0 aromatic heterocycles. The lowest BCUT2D eigenvalue weighted by Crippen LogP contribution is -2.15. The Balaban J connectivity index is 2.00. The Labute approximate surface area is 99.9 Å². The molecule has 5 heteroatoms. The standard InChI is InChI=1S/C12H16N2O3/c1-9-2-3-11(6-12(9)14(15)16)17-8-10-4-5-13-7-10/h2-3,6,10,13H,4-5,7-8H2,1H3. The minimum atomic E-state index is -0.376. The number of nitrogens with one attached hydrogen (secondary N) is 1. The van der Waals surface area contributed by atoms with Gasteiger partial charge in [-0.3, -0.25) is 10.1 Å². The fourth-order valence-electron chi connectivity index (χ4n) is 1.95. The van der Waals surface area contributed by atoms with Crippen LogP contribution in [0.3, 0.4) is 0 Å².